The van der Waals surface area contributed by atoms with E-state index in [-0.39, 0.29) is 17.9 Å². The lowest BCUT2D eigenvalue weighted by molar-refractivity contribution is -0.134. The fraction of sp³-hybridized carbons (Fsp3) is 0.364. The highest BCUT2D eigenvalue weighted by atomic mass is 16.5. The smallest absolute Gasteiger partial charge is 0.225 e. The topological polar surface area (TPSA) is 38.3 Å². The minimum atomic E-state index is 0.0865. The third kappa shape index (κ3) is 1.35. The SMILES string of the molecule is COc1ccc([C@@H]2NC(=O)[C@H]2C)cc1. The van der Waals surface area contributed by atoms with Gasteiger partial charge in [0.2, 0.25) is 5.91 Å². The number of rotatable bonds is 2. The average molecular weight is 191 g/mol. The van der Waals surface area contributed by atoms with E-state index >= 15 is 0 Å². The minimum absolute atomic E-state index is 0.0865. The molecule has 1 aliphatic rings. The normalized spacial score (nSPS) is 25.1. The van der Waals surface area contributed by atoms with Crippen molar-refractivity contribution in [2.24, 2.45) is 5.92 Å². The van der Waals surface area contributed by atoms with E-state index in [0.29, 0.717) is 0 Å². The summed E-state index contributed by atoms with van der Waals surface area (Å²) in [4.78, 5) is 11.0. The largest absolute Gasteiger partial charge is 0.497 e. The van der Waals surface area contributed by atoms with Gasteiger partial charge in [0.05, 0.1) is 19.1 Å². The molecule has 1 heterocycles. The zero-order valence-corrected chi connectivity index (χ0v) is 8.28. The molecule has 0 spiro atoms. The van der Waals surface area contributed by atoms with Gasteiger partial charge in [0.15, 0.2) is 0 Å². The lowest BCUT2D eigenvalue weighted by atomic mass is 9.87. The molecule has 1 aliphatic heterocycles. The molecule has 74 valence electrons. The first-order chi connectivity index (χ1) is 6.72. The number of benzene rings is 1. The molecule has 14 heavy (non-hydrogen) atoms. The van der Waals surface area contributed by atoms with Crippen molar-refractivity contribution >= 4 is 5.91 Å². The Morgan fingerprint density at radius 3 is 2.36 bits per heavy atom. The van der Waals surface area contributed by atoms with Crippen LogP contribution in [0.15, 0.2) is 24.3 Å². The number of ether oxygens (including phenoxy) is 1. The third-order valence-corrected chi connectivity index (χ3v) is 2.69. The van der Waals surface area contributed by atoms with Gasteiger partial charge in [0, 0.05) is 0 Å². The molecule has 1 aromatic carbocycles. The van der Waals surface area contributed by atoms with Crippen molar-refractivity contribution in [3.05, 3.63) is 29.8 Å². The van der Waals surface area contributed by atoms with Crippen molar-refractivity contribution in [3.8, 4) is 5.75 Å². The van der Waals surface area contributed by atoms with E-state index in [1.807, 2.05) is 31.2 Å². The van der Waals surface area contributed by atoms with E-state index in [2.05, 4.69) is 5.32 Å². The molecule has 0 aromatic heterocycles. The molecule has 0 radical (unpaired) electrons. The minimum Gasteiger partial charge on any atom is -0.497 e. The van der Waals surface area contributed by atoms with Crippen LogP contribution in [0.25, 0.3) is 0 Å². The predicted octanol–water partition coefficient (Wildman–Crippen LogP) is 1.50. The Bertz CT molecular complexity index is 345. The highest BCUT2D eigenvalue weighted by Gasteiger charge is 2.35. The van der Waals surface area contributed by atoms with Gasteiger partial charge in [-0.05, 0) is 17.7 Å². The van der Waals surface area contributed by atoms with Crippen molar-refractivity contribution in [1.29, 1.82) is 0 Å². The summed E-state index contributed by atoms with van der Waals surface area (Å²) in [5, 5.41) is 2.87. The van der Waals surface area contributed by atoms with Crippen LogP contribution in [0.4, 0.5) is 0 Å². The summed E-state index contributed by atoms with van der Waals surface area (Å²) in [6, 6.07) is 7.96. The second-order valence-electron chi connectivity index (χ2n) is 3.55. The molecule has 0 bridgehead atoms. The first-order valence-electron chi connectivity index (χ1n) is 4.66. The van der Waals surface area contributed by atoms with Gasteiger partial charge >= 0.3 is 0 Å². The Hall–Kier alpha value is -1.51. The molecule has 1 fully saturated rings. The molecule has 0 saturated carbocycles. The second kappa shape index (κ2) is 3.33. The summed E-state index contributed by atoms with van der Waals surface area (Å²) in [6.07, 6.45) is 0. The number of carbonyl (C=O) groups excluding carboxylic acids is 1. The number of methoxy groups -OCH3 is 1. The molecule has 0 unspecified atom stereocenters. The Morgan fingerprint density at radius 2 is 1.93 bits per heavy atom. The van der Waals surface area contributed by atoms with Crippen molar-refractivity contribution in [1.82, 2.24) is 5.32 Å². The summed E-state index contributed by atoms with van der Waals surface area (Å²) in [5.74, 6) is 1.06. The molecular formula is C11H13NO2. The lowest BCUT2D eigenvalue weighted by Gasteiger charge is -2.34. The van der Waals surface area contributed by atoms with Gasteiger partial charge in [-0.25, -0.2) is 0 Å². The van der Waals surface area contributed by atoms with Crippen LogP contribution in [-0.4, -0.2) is 13.0 Å². The Kier molecular flexibility index (Phi) is 2.15. The highest BCUT2D eigenvalue weighted by molar-refractivity contribution is 5.85. The summed E-state index contributed by atoms with van der Waals surface area (Å²) in [6.45, 7) is 1.94. The predicted molar refractivity (Wildman–Crippen MR) is 53.0 cm³/mol. The van der Waals surface area contributed by atoms with Crippen LogP contribution in [0.1, 0.15) is 18.5 Å². The standard InChI is InChI=1S/C11H13NO2/c1-7-10(12-11(7)13)8-3-5-9(14-2)6-4-8/h3-7,10H,1-2H3,(H,12,13)/t7-,10+/m0/s1. The third-order valence-electron chi connectivity index (χ3n) is 2.69. The summed E-state index contributed by atoms with van der Waals surface area (Å²) < 4.78 is 5.06. The highest BCUT2D eigenvalue weighted by Crippen LogP contribution is 2.30. The Balaban J connectivity index is 2.14. The number of carbonyl (C=O) groups is 1. The van der Waals surface area contributed by atoms with E-state index in [9.17, 15) is 4.79 Å². The van der Waals surface area contributed by atoms with E-state index in [1.54, 1.807) is 7.11 Å². The average Bonchev–Trinajstić information content (AvgIpc) is 2.25. The van der Waals surface area contributed by atoms with Crippen molar-refractivity contribution in [2.75, 3.05) is 7.11 Å². The Labute approximate surface area is 83.1 Å². The monoisotopic (exact) mass is 191 g/mol. The maximum Gasteiger partial charge on any atom is 0.225 e. The van der Waals surface area contributed by atoms with E-state index in [4.69, 9.17) is 4.74 Å². The van der Waals surface area contributed by atoms with Gasteiger partial charge in [-0.15, -0.1) is 0 Å². The number of β-lactam (4-membered cyclic amide) rings is 1. The molecular weight excluding hydrogens is 178 g/mol. The molecule has 1 saturated heterocycles. The first-order valence-corrected chi connectivity index (χ1v) is 4.66. The van der Waals surface area contributed by atoms with E-state index in [0.717, 1.165) is 11.3 Å². The van der Waals surface area contributed by atoms with E-state index < -0.39 is 0 Å². The summed E-state index contributed by atoms with van der Waals surface area (Å²) in [5.41, 5.74) is 1.14. The number of hydrogen-bond donors (Lipinski definition) is 1. The van der Waals surface area contributed by atoms with Gasteiger partial charge in [-0.1, -0.05) is 19.1 Å². The maximum atomic E-state index is 11.0. The van der Waals surface area contributed by atoms with Crippen LogP contribution in [0.3, 0.4) is 0 Å². The van der Waals surface area contributed by atoms with Crippen molar-refractivity contribution < 1.29 is 9.53 Å². The number of hydrogen-bond acceptors (Lipinski definition) is 2. The first kappa shape index (κ1) is 9.06. The lowest BCUT2D eigenvalue weighted by Crippen LogP contribution is -2.49. The fourth-order valence-corrected chi connectivity index (χ4v) is 1.65. The summed E-state index contributed by atoms with van der Waals surface area (Å²) in [7, 11) is 1.64. The molecule has 1 amide bonds. The Morgan fingerprint density at radius 1 is 1.29 bits per heavy atom. The van der Waals surface area contributed by atoms with Crippen LogP contribution in [0.5, 0.6) is 5.75 Å². The van der Waals surface area contributed by atoms with Crippen molar-refractivity contribution in [3.63, 3.8) is 0 Å². The van der Waals surface area contributed by atoms with Gasteiger partial charge in [-0.2, -0.15) is 0 Å². The van der Waals surface area contributed by atoms with Gasteiger partial charge in [0.25, 0.3) is 0 Å². The van der Waals surface area contributed by atoms with E-state index in [1.165, 1.54) is 0 Å². The molecule has 2 rings (SSSR count). The van der Waals surface area contributed by atoms with Gasteiger partial charge < -0.3 is 10.1 Å². The zero-order valence-electron chi connectivity index (χ0n) is 8.28. The quantitative estimate of drug-likeness (QED) is 0.719. The van der Waals surface area contributed by atoms with Crippen molar-refractivity contribution in [2.45, 2.75) is 13.0 Å². The summed E-state index contributed by atoms with van der Waals surface area (Å²) >= 11 is 0. The molecule has 3 heteroatoms. The molecule has 1 N–H and O–H groups in total. The molecule has 2 atom stereocenters. The van der Waals surface area contributed by atoms with Gasteiger partial charge in [0.1, 0.15) is 5.75 Å². The van der Waals surface area contributed by atoms with Crippen LogP contribution in [0, 0.1) is 5.92 Å². The fourth-order valence-electron chi connectivity index (χ4n) is 1.65. The zero-order chi connectivity index (χ0) is 10.1. The number of amides is 1. The van der Waals surface area contributed by atoms with Gasteiger partial charge in [-0.3, -0.25) is 4.79 Å². The maximum absolute atomic E-state index is 11.0. The molecule has 1 aromatic rings. The van der Waals surface area contributed by atoms with Crippen LogP contribution in [0.2, 0.25) is 0 Å². The van der Waals surface area contributed by atoms with Crippen LogP contribution >= 0.6 is 0 Å². The molecule has 3 nitrogen and oxygen atoms in total. The second-order valence-corrected chi connectivity index (χ2v) is 3.55. The molecule has 0 aliphatic carbocycles. The van der Waals surface area contributed by atoms with Crippen LogP contribution in [-0.2, 0) is 4.79 Å². The number of nitrogens with one attached hydrogen (secondary N) is 1. The van der Waals surface area contributed by atoms with Crippen LogP contribution < -0.4 is 10.1 Å².